The molecule has 0 aliphatic carbocycles. The van der Waals surface area contributed by atoms with Crippen LogP contribution in [-0.2, 0) is 21.7 Å². The number of hydrogen-bond acceptors (Lipinski definition) is 2. The van der Waals surface area contributed by atoms with Gasteiger partial charge >= 0.3 is 0 Å². The molecule has 5 nitrogen and oxygen atoms in total. The lowest BCUT2D eigenvalue weighted by molar-refractivity contribution is -0.611. The minimum atomic E-state index is -0.120. The van der Waals surface area contributed by atoms with Crippen molar-refractivity contribution in [2.45, 2.75) is 105 Å². The molecule has 5 heteroatoms. The molecule has 0 unspecified atom stereocenters. The number of para-hydroxylation sites is 1. The summed E-state index contributed by atoms with van der Waals surface area (Å²) in [7, 11) is 0. The van der Waals surface area contributed by atoms with Gasteiger partial charge in [-0.05, 0) is 99.0 Å². The molecule has 3 aromatic heterocycles. The quantitative estimate of drug-likeness (QED) is 0.132. The molecule has 272 valence electrons. The van der Waals surface area contributed by atoms with E-state index < -0.39 is 0 Å². The first-order valence-corrected chi connectivity index (χ1v) is 18.8. The van der Waals surface area contributed by atoms with Crippen LogP contribution < -0.4 is 9.30 Å². The second-order valence-electron chi connectivity index (χ2n) is 18.6. The number of imidazole rings is 1. The maximum Gasteiger partial charge on any atom is 0.269 e. The summed E-state index contributed by atoms with van der Waals surface area (Å²) in [5, 5.41) is 2.35. The molecule has 0 saturated carbocycles. The Labute approximate surface area is 315 Å². The summed E-state index contributed by atoms with van der Waals surface area (Å²) >= 11 is 0. The third kappa shape index (κ3) is 7.14. The normalized spacial score (nSPS) is 12.9. The van der Waals surface area contributed by atoms with Crippen LogP contribution in [0.25, 0.3) is 39.0 Å². The van der Waals surface area contributed by atoms with Gasteiger partial charge in [0.2, 0.25) is 0 Å². The highest BCUT2D eigenvalue weighted by atomic mass is 16.5. The Hall–Kier alpha value is -5.16. The molecule has 0 fully saturated rings. The van der Waals surface area contributed by atoms with E-state index in [-0.39, 0.29) is 21.7 Å². The number of pyridine rings is 1. The Bertz CT molecular complexity index is 2440. The van der Waals surface area contributed by atoms with Crippen molar-refractivity contribution in [3.8, 4) is 28.7 Å². The molecule has 0 saturated heterocycles. The van der Waals surface area contributed by atoms with Gasteiger partial charge < -0.3 is 4.74 Å². The molecule has 7 aromatic rings. The van der Waals surface area contributed by atoms with Crippen molar-refractivity contribution in [3.05, 3.63) is 138 Å². The van der Waals surface area contributed by atoms with E-state index in [1.807, 2.05) is 12.3 Å². The van der Waals surface area contributed by atoms with Crippen LogP contribution in [0, 0.1) is 6.33 Å². The fraction of sp³-hybridized carbons (Fsp3) is 0.333. The van der Waals surface area contributed by atoms with Gasteiger partial charge in [-0.3, -0.25) is 13.7 Å². The van der Waals surface area contributed by atoms with Crippen LogP contribution in [0.15, 0.2) is 109 Å². The van der Waals surface area contributed by atoms with Crippen molar-refractivity contribution in [2.24, 2.45) is 0 Å². The van der Waals surface area contributed by atoms with E-state index in [4.69, 9.17) is 9.72 Å². The van der Waals surface area contributed by atoms with Crippen LogP contribution in [0.3, 0.4) is 0 Å². The summed E-state index contributed by atoms with van der Waals surface area (Å²) in [6, 6.07) is 34.5. The lowest BCUT2D eigenvalue weighted by Crippen LogP contribution is -2.39. The van der Waals surface area contributed by atoms with Gasteiger partial charge in [-0.1, -0.05) is 113 Å². The molecule has 7 rings (SSSR count). The molecular weight excluding hydrogens is 649 g/mol. The van der Waals surface area contributed by atoms with Gasteiger partial charge in [0, 0.05) is 29.2 Å². The number of hydrogen-bond donors (Lipinski definition) is 0. The van der Waals surface area contributed by atoms with Gasteiger partial charge in [0.1, 0.15) is 17.3 Å². The summed E-state index contributed by atoms with van der Waals surface area (Å²) < 4.78 is 13.2. The minimum absolute atomic E-state index is 0.00559. The summed E-state index contributed by atoms with van der Waals surface area (Å²) in [4.78, 5) is 4.85. The minimum Gasteiger partial charge on any atom is -0.458 e. The summed E-state index contributed by atoms with van der Waals surface area (Å²) in [6.07, 6.45) is 7.84. The Morgan fingerprint density at radius 3 is 1.87 bits per heavy atom. The molecule has 4 aromatic carbocycles. The molecule has 3 heterocycles. The highest BCUT2D eigenvalue weighted by Crippen LogP contribution is 2.37. The second kappa shape index (κ2) is 12.8. The molecule has 0 bridgehead atoms. The number of aromatic nitrogens is 4. The van der Waals surface area contributed by atoms with Crippen molar-refractivity contribution in [2.75, 3.05) is 0 Å². The molecular formula is C48H54N4O. The summed E-state index contributed by atoms with van der Waals surface area (Å²) in [6.45, 7) is 27.2. The average molecular weight is 703 g/mol. The van der Waals surface area contributed by atoms with Crippen LogP contribution in [0.1, 0.15) is 105 Å². The van der Waals surface area contributed by atoms with E-state index in [9.17, 15) is 0 Å². The molecule has 0 N–H and O–H groups in total. The topological polar surface area (TPSA) is 35.9 Å². The lowest BCUT2D eigenvalue weighted by atomic mass is 9.80. The van der Waals surface area contributed by atoms with Gasteiger partial charge in [0.15, 0.2) is 0 Å². The molecule has 0 spiro atoms. The Morgan fingerprint density at radius 1 is 0.566 bits per heavy atom. The zero-order valence-electron chi connectivity index (χ0n) is 33.6. The highest BCUT2D eigenvalue weighted by molar-refractivity contribution is 6.09. The first kappa shape index (κ1) is 36.2. The average Bonchev–Trinajstić information content (AvgIpc) is 3.68. The van der Waals surface area contributed by atoms with Gasteiger partial charge in [-0.25, -0.2) is 4.98 Å². The molecule has 0 atom stereocenters. The Kier molecular flexibility index (Phi) is 8.71. The molecule has 0 aliphatic rings. The van der Waals surface area contributed by atoms with E-state index in [0.717, 1.165) is 45.1 Å². The zero-order valence-corrected chi connectivity index (χ0v) is 33.6. The SMILES string of the molecule is CC(C)(C)c1cc(-[n+]2[c-]n(-c3cccc(Oc4ccc5c6ccccc6n(-c6cc(C(C)(C)C)ccn6)c5c4)c3)cc2C(C)(C)C)cc(C(C)(C)C)c1. The van der Waals surface area contributed by atoms with Crippen molar-refractivity contribution >= 4 is 21.8 Å². The maximum absolute atomic E-state index is 6.64. The standard InChI is InChI=1S/C48H54N4O/c1-45(2,3)32-22-23-49-44(27-32)52-41-19-14-13-18-39(41)40-21-20-38(29-42(40)52)53-37-17-15-16-35(28-37)50-30-43(48(10,11)12)51(31-50)36-25-33(46(4,5)6)24-34(26-36)47(7,8)9/h13-30H,1-12H3. The molecule has 0 amide bonds. The van der Waals surface area contributed by atoms with E-state index in [0.29, 0.717) is 0 Å². The second-order valence-corrected chi connectivity index (χ2v) is 18.6. The van der Waals surface area contributed by atoms with Gasteiger partial charge in [-0.2, -0.15) is 0 Å². The number of nitrogens with zero attached hydrogens (tertiary/aromatic N) is 4. The zero-order chi connectivity index (χ0) is 38.1. The van der Waals surface area contributed by atoms with Crippen molar-refractivity contribution in [1.29, 1.82) is 0 Å². The first-order chi connectivity index (χ1) is 24.8. The largest absolute Gasteiger partial charge is 0.458 e. The fourth-order valence-corrected chi connectivity index (χ4v) is 6.94. The van der Waals surface area contributed by atoms with Crippen molar-refractivity contribution in [3.63, 3.8) is 0 Å². The fourth-order valence-electron chi connectivity index (χ4n) is 6.94. The number of rotatable bonds is 5. The third-order valence-corrected chi connectivity index (χ3v) is 10.2. The van der Waals surface area contributed by atoms with Crippen LogP contribution in [-0.4, -0.2) is 14.1 Å². The van der Waals surface area contributed by atoms with E-state index >= 15 is 0 Å². The number of fused-ring (bicyclic) bond motifs is 3. The lowest BCUT2D eigenvalue weighted by Gasteiger charge is -2.27. The van der Waals surface area contributed by atoms with Crippen LogP contribution in [0.4, 0.5) is 0 Å². The summed E-state index contributed by atoms with van der Waals surface area (Å²) in [5.74, 6) is 2.42. The molecule has 0 aliphatic heterocycles. The smallest absolute Gasteiger partial charge is 0.269 e. The van der Waals surface area contributed by atoms with Crippen LogP contribution in [0.5, 0.6) is 11.5 Å². The van der Waals surface area contributed by atoms with E-state index in [1.165, 1.54) is 27.8 Å². The number of benzene rings is 4. The van der Waals surface area contributed by atoms with Gasteiger partial charge in [0.05, 0.1) is 28.1 Å². The van der Waals surface area contributed by atoms with Gasteiger partial charge in [-0.15, -0.1) is 0 Å². The van der Waals surface area contributed by atoms with Crippen LogP contribution in [0.2, 0.25) is 0 Å². The maximum atomic E-state index is 6.64. The number of ether oxygens (including phenoxy) is 1. The Morgan fingerprint density at radius 2 is 1.21 bits per heavy atom. The van der Waals surface area contributed by atoms with E-state index in [2.05, 4.69) is 200 Å². The van der Waals surface area contributed by atoms with Crippen molar-refractivity contribution in [1.82, 2.24) is 14.1 Å². The first-order valence-electron chi connectivity index (χ1n) is 18.8. The van der Waals surface area contributed by atoms with E-state index in [1.54, 1.807) is 0 Å². The predicted octanol–water partition coefficient (Wildman–Crippen LogP) is 12.0. The van der Waals surface area contributed by atoms with Gasteiger partial charge in [0.25, 0.3) is 6.33 Å². The predicted molar refractivity (Wildman–Crippen MR) is 220 cm³/mol. The summed E-state index contributed by atoms with van der Waals surface area (Å²) in [5.41, 5.74) is 9.25. The van der Waals surface area contributed by atoms with Crippen molar-refractivity contribution < 1.29 is 9.30 Å². The highest BCUT2D eigenvalue weighted by Gasteiger charge is 2.26. The van der Waals surface area contributed by atoms with Crippen LogP contribution >= 0.6 is 0 Å². The Balaban J connectivity index is 1.29. The molecule has 53 heavy (non-hydrogen) atoms. The third-order valence-electron chi connectivity index (χ3n) is 10.2. The molecule has 0 radical (unpaired) electrons. The monoisotopic (exact) mass is 702 g/mol.